The highest BCUT2D eigenvalue weighted by Gasteiger charge is 2.41. The zero-order valence-electron chi connectivity index (χ0n) is 17.5. The Kier molecular flexibility index (Phi) is 4.69. The summed E-state index contributed by atoms with van der Waals surface area (Å²) in [5, 5.41) is 7.95. The first-order valence-corrected chi connectivity index (χ1v) is 11.2. The summed E-state index contributed by atoms with van der Waals surface area (Å²) in [6, 6.07) is 19.8. The Morgan fingerprint density at radius 2 is 1.91 bits per heavy atom. The van der Waals surface area contributed by atoms with Gasteiger partial charge in [-0.25, -0.2) is 9.07 Å². The van der Waals surface area contributed by atoms with Crippen LogP contribution in [0.4, 0.5) is 10.3 Å². The Morgan fingerprint density at radius 1 is 1.09 bits per heavy atom. The number of fused-ring (bicyclic) bond motifs is 3. The first kappa shape index (κ1) is 20.0. The highest BCUT2D eigenvalue weighted by atomic mass is 79.9. The molecule has 3 aromatic carbocycles. The summed E-state index contributed by atoms with van der Waals surface area (Å²) in [6.07, 6.45) is 1.03. The number of ether oxygens (including phenoxy) is 2. The quantitative estimate of drug-likeness (QED) is 0.385. The van der Waals surface area contributed by atoms with E-state index in [2.05, 4.69) is 31.3 Å². The molecule has 2 aliphatic rings. The fourth-order valence-corrected chi connectivity index (χ4v) is 4.93. The summed E-state index contributed by atoms with van der Waals surface area (Å²) < 4.78 is 28.8. The van der Waals surface area contributed by atoms with Crippen LogP contribution in [0.5, 0.6) is 11.5 Å². The van der Waals surface area contributed by atoms with Crippen LogP contribution in [0, 0.1) is 5.82 Å². The number of halogens is 2. The van der Waals surface area contributed by atoms with E-state index in [9.17, 15) is 4.39 Å². The van der Waals surface area contributed by atoms with Crippen LogP contribution < -0.4 is 14.8 Å². The van der Waals surface area contributed by atoms with Crippen molar-refractivity contribution in [1.29, 1.82) is 0 Å². The first-order valence-electron chi connectivity index (χ1n) is 10.4. The predicted octanol–water partition coefficient (Wildman–Crippen LogP) is 5.75. The molecule has 8 heteroatoms. The average molecular weight is 505 g/mol. The van der Waals surface area contributed by atoms with Gasteiger partial charge in [-0.3, -0.25) is 0 Å². The molecule has 0 radical (unpaired) electrons. The predicted molar refractivity (Wildman–Crippen MR) is 126 cm³/mol. The maximum Gasteiger partial charge on any atom is 0.226 e. The number of nitrogens with zero attached hydrogens (tertiary/aromatic N) is 3. The smallest absolute Gasteiger partial charge is 0.226 e. The van der Waals surface area contributed by atoms with Gasteiger partial charge in [0.1, 0.15) is 29.7 Å². The van der Waals surface area contributed by atoms with Crippen LogP contribution in [0.2, 0.25) is 0 Å². The number of benzene rings is 3. The maximum atomic E-state index is 13.8. The maximum absolute atomic E-state index is 13.8. The summed E-state index contributed by atoms with van der Waals surface area (Å²) in [5.41, 5.74) is 4.51. The number of hydrogen-bond donors (Lipinski definition) is 1. The van der Waals surface area contributed by atoms with Gasteiger partial charge in [0.15, 0.2) is 6.10 Å². The number of methoxy groups -OCH3 is 1. The Labute approximate surface area is 197 Å². The molecule has 0 amide bonds. The highest BCUT2D eigenvalue weighted by molar-refractivity contribution is 9.10. The van der Waals surface area contributed by atoms with E-state index in [1.165, 1.54) is 18.5 Å². The Hall–Kier alpha value is -3.65. The minimum Gasteiger partial charge on any atom is -0.496 e. The number of rotatable bonds is 3. The van der Waals surface area contributed by atoms with Crippen molar-refractivity contribution in [2.75, 3.05) is 12.4 Å². The van der Waals surface area contributed by atoms with Crippen molar-refractivity contribution in [3.8, 4) is 11.5 Å². The molecule has 4 aromatic rings. The molecule has 0 spiro atoms. The molecule has 0 saturated heterocycles. The van der Waals surface area contributed by atoms with Crippen molar-refractivity contribution in [2.45, 2.75) is 12.1 Å². The van der Waals surface area contributed by atoms with Crippen LogP contribution >= 0.6 is 15.9 Å². The zero-order chi connectivity index (χ0) is 22.5. The molecule has 1 N–H and O–H groups in total. The van der Waals surface area contributed by atoms with Crippen LogP contribution in [0.1, 0.15) is 28.8 Å². The lowest BCUT2D eigenvalue weighted by Crippen LogP contribution is -2.32. The van der Waals surface area contributed by atoms with E-state index in [1.807, 2.05) is 42.5 Å². The van der Waals surface area contributed by atoms with Crippen molar-refractivity contribution >= 4 is 27.6 Å². The number of hydrogen-bond acceptors (Lipinski definition) is 5. The number of nitrogens with one attached hydrogen (secondary N) is 1. The van der Waals surface area contributed by atoms with Crippen LogP contribution in [-0.4, -0.2) is 21.9 Å². The summed E-state index contributed by atoms with van der Waals surface area (Å²) in [4.78, 5) is 4.42. The van der Waals surface area contributed by atoms with Gasteiger partial charge in [-0.1, -0.05) is 40.2 Å². The van der Waals surface area contributed by atoms with E-state index in [1.54, 1.807) is 23.9 Å². The minimum absolute atomic E-state index is 0.295. The molecule has 6 rings (SSSR count). The van der Waals surface area contributed by atoms with Crippen molar-refractivity contribution in [2.24, 2.45) is 0 Å². The molecule has 0 unspecified atom stereocenters. The van der Waals surface area contributed by atoms with E-state index >= 15 is 0 Å². The van der Waals surface area contributed by atoms with E-state index in [-0.39, 0.29) is 11.9 Å². The second kappa shape index (κ2) is 7.74. The van der Waals surface area contributed by atoms with E-state index in [0.717, 1.165) is 38.2 Å². The Balaban J connectivity index is 1.65. The van der Waals surface area contributed by atoms with Gasteiger partial charge in [0, 0.05) is 21.2 Å². The number of para-hydroxylation sites is 1. The lowest BCUT2D eigenvalue weighted by molar-refractivity contribution is 0.217. The van der Waals surface area contributed by atoms with Gasteiger partial charge in [-0.2, -0.15) is 10.1 Å². The van der Waals surface area contributed by atoms with Gasteiger partial charge >= 0.3 is 0 Å². The van der Waals surface area contributed by atoms with Gasteiger partial charge in [0.2, 0.25) is 5.95 Å². The lowest BCUT2D eigenvalue weighted by Gasteiger charge is -2.39. The van der Waals surface area contributed by atoms with E-state index in [0.29, 0.717) is 11.7 Å². The van der Waals surface area contributed by atoms with Gasteiger partial charge in [0.05, 0.1) is 12.8 Å². The van der Waals surface area contributed by atoms with Crippen LogP contribution in [0.15, 0.2) is 83.1 Å². The van der Waals surface area contributed by atoms with Crippen LogP contribution in [0.25, 0.3) is 5.70 Å². The van der Waals surface area contributed by atoms with Crippen LogP contribution in [-0.2, 0) is 0 Å². The van der Waals surface area contributed by atoms with Gasteiger partial charge < -0.3 is 14.8 Å². The van der Waals surface area contributed by atoms with Crippen molar-refractivity contribution in [3.05, 3.63) is 106 Å². The second-order valence-corrected chi connectivity index (χ2v) is 8.73. The molecule has 0 fully saturated rings. The topological polar surface area (TPSA) is 61.2 Å². The van der Waals surface area contributed by atoms with Crippen molar-refractivity contribution in [3.63, 3.8) is 0 Å². The van der Waals surface area contributed by atoms with Crippen LogP contribution in [0.3, 0.4) is 0 Å². The number of anilines is 1. The summed E-state index contributed by atoms with van der Waals surface area (Å²) in [5.74, 6) is 1.77. The number of aromatic nitrogens is 3. The van der Waals surface area contributed by atoms with Gasteiger partial charge in [0.25, 0.3) is 0 Å². The molecule has 2 atom stereocenters. The summed E-state index contributed by atoms with van der Waals surface area (Å²) in [6.45, 7) is 0. The van der Waals surface area contributed by atoms with E-state index in [4.69, 9.17) is 9.47 Å². The average Bonchev–Trinajstić information content (AvgIpc) is 3.31. The fourth-order valence-electron chi connectivity index (χ4n) is 4.55. The van der Waals surface area contributed by atoms with E-state index < -0.39 is 6.10 Å². The van der Waals surface area contributed by atoms with Crippen molar-refractivity contribution in [1.82, 2.24) is 14.8 Å². The molecule has 3 heterocycles. The molecule has 0 bridgehead atoms. The molecule has 164 valence electrons. The minimum atomic E-state index is -0.484. The Bertz CT molecular complexity index is 1400. The molecule has 0 saturated carbocycles. The lowest BCUT2D eigenvalue weighted by atomic mass is 9.84. The normalized spacial score (nSPS) is 18.5. The summed E-state index contributed by atoms with van der Waals surface area (Å²) in [7, 11) is 1.64. The highest BCUT2D eigenvalue weighted by Crippen LogP contribution is 2.52. The molecule has 1 aromatic heterocycles. The molecular weight excluding hydrogens is 487 g/mol. The van der Waals surface area contributed by atoms with Crippen molar-refractivity contribution < 1.29 is 13.9 Å². The third-order valence-electron chi connectivity index (χ3n) is 5.98. The Morgan fingerprint density at radius 3 is 2.73 bits per heavy atom. The molecule has 2 aliphatic heterocycles. The second-order valence-electron chi connectivity index (χ2n) is 7.82. The summed E-state index contributed by atoms with van der Waals surface area (Å²) >= 11 is 3.59. The molecule has 6 nitrogen and oxygen atoms in total. The van der Waals surface area contributed by atoms with Gasteiger partial charge in [-0.15, -0.1) is 0 Å². The fraction of sp³-hybridized carbons (Fsp3) is 0.120. The van der Waals surface area contributed by atoms with Gasteiger partial charge in [-0.05, 0) is 48.0 Å². The molecular formula is C25H18BrFN4O2. The molecule has 33 heavy (non-hydrogen) atoms. The third kappa shape index (κ3) is 3.21. The zero-order valence-corrected chi connectivity index (χ0v) is 19.1. The largest absolute Gasteiger partial charge is 0.496 e. The standard InChI is InChI=1S/C25H18BrFN4O2/c1-32-19-11-8-15(26)12-18(19)24-21-22(17-4-2-3-5-20(17)33-24)30-25-28-13-29-31(25)23(21)14-6-9-16(27)10-7-14/h2-13,23-24H,1H3,(H,28,29,30)/t23-,24+/m1/s1. The monoisotopic (exact) mass is 504 g/mol. The third-order valence-corrected chi connectivity index (χ3v) is 6.47. The molecule has 0 aliphatic carbocycles. The first-order chi connectivity index (χ1) is 16.1. The SMILES string of the molecule is COc1ccc(Br)cc1[C@@H]1Oc2ccccc2C2=C1[C@@H](c1ccc(F)cc1)n1ncnc1N2.